The highest BCUT2D eigenvalue weighted by Crippen LogP contribution is 2.22. The number of aryl methyl sites for hydroxylation is 2. The van der Waals surface area contributed by atoms with Crippen molar-refractivity contribution in [3.63, 3.8) is 0 Å². The second-order valence-electron chi connectivity index (χ2n) is 4.10. The molecule has 0 fully saturated rings. The molecule has 0 unspecified atom stereocenters. The Morgan fingerprint density at radius 2 is 2.28 bits per heavy atom. The van der Waals surface area contributed by atoms with Crippen LogP contribution in [0.25, 0.3) is 11.6 Å². The summed E-state index contributed by atoms with van der Waals surface area (Å²) < 4.78 is 7.48. The third kappa shape index (κ3) is 1.97. The molecule has 0 saturated heterocycles. The van der Waals surface area contributed by atoms with E-state index >= 15 is 0 Å². The molecule has 0 bridgehead atoms. The largest absolute Gasteiger partial charge is 0.461 e. The first-order valence-corrected chi connectivity index (χ1v) is 6.53. The lowest BCUT2D eigenvalue weighted by Crippen LogP contribution is -2.00. The molecule has 0 aliphatic rings. The van der Waals surface area contributed by atoms with Crippen LogP contribution in [0.3, 0.4) is 0 Å². The van der Waals surface area contributed by atoms with Crippen LogP contribution in [0.1, 0.15) is 15.6 Å². The molecule has 3 heterocycles. The molecular formula is C13H13N3OS. The zero-order valence-corrected chi connectivity index (χ0v) is 11.1. The van der Waals surface area contributed by atoms with Crippen LogP contribution in [-0.4, -0.2) is 14.5 Å². The number of hydrogen-bond acceptors (Lipinski definition) is 4. The smallest absolute Gasteiger partial charge is 0.176 e. The standard InChI is InChI=1S/C13H13N3OS/c1-9-12(18-10(2)15-9)8-16-6-5-14-13(16)11-4-3-7-17-11/h3-7H,8H2,1-2H3. The molecule has 5 heteroatoms. The second kappa shape index (κ2) is 4.42. The minimum Gasteiger partial charge on any atom is -0.461 e. The lowest BCUT2D eigenvalue weighted by molar-refractivity contribution is 0.572. The van der Waals surface area contributed by atoms with Gasteiger partial charge in [-0.15, -0.1) is 11.3 Å². The van der Waals surface area contributed by atoms with Gasteiger partial charge < -0.3 is 8.98 Å². The Bertz CT molecular complexity index is 652. The van der Waals surface area contributed by atoms with Gasteiger partial charge in [-0.1, -0.05) is 0 Å². The average Bonchev–Trinajstić information content (AvgIpc) is 3.01. The minimum absolute atomic E-state index is 0.785. The van der Waals surface area contributed by atoms with E-state index in [1.807, 2.05) is 32.2 Å². The van der Waals surface area contributed by atoms with Gasteiger partial charge in [0.15, 0.2) is 11.6 Å². The fraction of sp³-hybridized carbons (Fsp3) is 0.231. The zero-order chi connectivity index (χ0) is 12.5. The Morgan fingerprint density at radius 3 is 2.94 bits per heavy atom. The number of thiazole rings is 1. The lowest BCUT2D eigenvalue weighted by Gasteiger charge is -2.04. The fourth-order valence-electron chi connectivity index (χ4n) is 1.94. The summed E-state index contributed by atoms with van der Waals surface area (Å²) in [4.78, 5) is 10.1. The van der Waals surface area contributed by atoms with Crippen molar-refractivity contribution in [2.45, 2.75) is 20.4 Å². The first-order chi connectivity index (χ1) is 8.74. The van der Waals surface area contributed by atoms with Crippen molar-refractivity contribution in [3.8, 4) is 11.6 Å². The van der Waals surface area contributed by atoms with E-state index in [9.17, 15) is 0 Å². The third-order valence-corrected chi connectivity index (χ3v) is 3.83. The lowest BCUT2D eigenvalue weighted by atomic mass is 10.3. The van der Waals surface area contributed by atoms with Gasteiger partial charge in [-0.2, -0.15) is 0 Å². The maximum absolute atomic E-state index is 5.40. The molecule has 0 aliphatic heterocycles. The molecular weight excluding hydrogens is 246 g/mol. The molecule has 0 N–H and O–H groups in total. The zero-order valence-electron chi connectivity index (χ0n) is 10.3. The number of aromatic nitrogens is 3. The van der Waals surface area contributed by atoms with Gasteiger partial charge in [0.2, 0.25) is 0 Å². The van der Waals surface area contributed by atoms with Crippen LogP contribution in [0.4, 0.5) is 0 Å². The summed E-state index contributed by atoms with van der Waals surface area (Å²) in [5.74, 6) is 1.64. The highest BCUT2D eigenvalue weighted by molar-refractivity contribution is 7.11. The first-order valence-electron chi connectivity index (χ1n) is 5.72. The van der Waals surface area contributed by atoms with Crippen LogP contribution < -0.4 is 0 Å². The quantitative estimate of drug-likeness (QED) is 0.725. The van der Waals surface area contributed by atoms with Crippen molar-refractivity contribution >= 4 is 11.3 Å². The molecule has 0 radical (unpaired) electrons. The molecule has 3 rings (SSSR count). The minimum atomic E-state index is 0.785. The fourth-order valence-corrected chi connectivity index (χ4v) is 2.88. The Balaban J connectivity index is 1.95. The van der Waals surface area contributed by atoms with E-state index in [0.717, 1.165) is 28.8 Å². The van der Waals surface area contributed by atoms with Crippen LogP contribution in [0.5, 0.6) is 0 Å². The van der Waals surface area contributed by atoms with Gasteiger partial charge in [-0.3, -0.25) is 0 Å². The van der Waals surface area contributed by atoms with Crippen molar-refractivity contribution < 1.29 is 4.42 Å². The molecule has 0 saturated carbocycles. The Labute approximate surface area is 109 Å². The molecule has 0 aliphatic carbocycles. The molecule has 0 aromatic carbocycles. The molecule has 0 spiro atoms. The van der Waals surface area contributed by atoms with E-state index in [-0.39, 0.29) is 0 Å². The van der Waals surface area contributed by atoms with E-state index in [1.54, 1.807) is 23.8 Å². The number of imidazole rings is 1. The van der Waals surface area contributed by atoms with Gasteiger partial charge >= 0.3 is 0 Å². The molecule has 4 nitrogen and oxygen atoms in total. The van der Waals surface area contributed by atoms with Crippen LogP contribution in [-0.2, 0) is 6.54 Å². The van der Waals surface area contributed by atoms with Gasteiger partial charge in [0, 0.05) is 17.3 Å². The van der Waals surface area contributed by atoms with E-state index < -0.39 is 0 Å². The van der Waals surface area contributed by atoms with Gasteiger partial charge in [0.1, 0.15) is 0 Å². The van der Waals surface area contributed by atoms with Crippen LogP contribution >= 0.6 is 11.3 Å². The highest BCUT2D eigenvalue weighted by atomic mass is 32.1. The van der Waals surface area contributed by atoms with E-state index in [2.05, 4.69) is 14.5 Å². The summed E-state index contributed by atoms with van der Waals surface area (Å²) >= 11 is 1.73. The molecule has 0 amide bonds. The predicted molar refractivity (Wildman–Crippen MR) is 70.6 cm³/mol. The van der Waals surface area contributed by atoms with Gasteiger partial charge in [0.05, 0.1) is 23.5 Å². The van der Waals surface area contributed by atoms with Crippen molar-refractivity contribution in [1.82, 2.24) is 14.5 Å². The Kier molecular flexibility index (Phi) is 2.76. The number of nitrogens with zero attached hydrogens (tertiary/aromatic N) is 3. The summed E-state index contributed by atoms with van der Waals surface area (Å²) in [6.45, 7) is 4.86. The molecule has 18 heavy (non-hydrogen) atoms. The average molecular weight is 259 g/mol. The molecule has 3 aromatic rings. The SMILES string of the molecule is Cc1nc(C)c(Cn2ccnc2-c2ccco2)s1. The molecule has 0 atom stereocenters. The number of rotatable bonds is 3. The van der Waals surface area contributed by atoms with E-state index in [0.29, 0.717) is 0 Å². The topological polar surface area (TPSA) is 43.9 Å². The summed E-state index contributed by atoms with van der Waals surface area (Å²) in [5, 5.41) is 1.10. The van der Waals surface area contributed by atoms with Crippen LogP contribution in [0, 0.1) is 13.8 Å². The van der Waals surface area contributed by atoms with Crippen molar-refractivity contribution in [3.05, 3.63) is 46.4 Å². The normalized spacial score (nSPS) is 11.0. The summed E-state index contributed by atoms with van der Waals surface area (Å²) in [6, 6.07) is 3.79. The highest BCUT2D eigenvalue weighted by Gasteiger charge is 2.11. The van der Waals surface area contributed by atoms with Crippen LogP contribution in [0.2, 0.25) is 0 Å². The number of furan rings is 1. The predicted octanol–water partition coefficient (Wildman–Crippen LogP) is 3.26. The first kappa shape index (κ1) is 11.2. The van der Waals surface area contributed by atoms with Crippen LogP contribution in [0.15, 0.2) is 35.2 Å². The third-order valence-electron chi connectivity index (χ3n) is 2.77. The van der Waals surface area contributed by atoms with E-state index in [1.165, 1.54) is 4.88 Å². The van der Waals surface area contributed by atoms with Crippen molar-refractivity contribution in [2.75, 3.05) is 0 Å². The van der Waals surface area contributed by atoms with Gasteiger partial charge in [0.25, 0.3) is 0 Å². The maximum Gasteiger partial charge on any atom is 0.176 e. The molecule has 92 valence electrons. The summed E-state index contributed by atoms with van der Waals surface area (Å²) in [5.41, 5.74) is 1.09. The van der Waals surface area contributed by atoms with Gasteiger partial charge in [-0.25, -0.2) is 9.97 Å². The maximum atomic E-state index is 5.40. The van der Waals surface area contributed by atoms with E-state index in [4.69, 9.17) is 4.42 Å². The van der Waals surface area contributed by atoms with Crippen molar-refractivity contribution in [2.24, 2.45) is 0 Å². The van der Waals surface area contributed by atoms with Crippen molar-refractivity contribution in [1.29, 1.82) is 0 Å². The summed E-state index contributed by atoms with van der Waals surface area (Å²) in [6.07, 6.45) is 5.42. The monoisotopic (exact) mass is 259 g/mol. The Hall–Kier alpha value is -1.88. The van der Waals surface area contributed by atoms with Gasteiger partial charge in [-0.05, 0) is 26.0 Å². The second-order valence-corrected chi connectivity index (χ2v) is 5.39. The Morgan fingerprint density at radius 1 is 1.39 bits per heavy atom. The number of hydrogen-bond donors (Lipinski definition) is 0. The summed E-state index contributed by atoms with van der Waals surface area (Å²) in [7, 11) is 0. The molecule has 3 aromatic heterocycles.